The molecule has 1 aromatic rings. The Kier molecular flexibility index (Phi) is 8.31. The number of aliphatic hydroxyl groups is 1. The number of likely N-dealkylation sites (N-methyl/N-ethyl adjacent to an activating group) is 1. The number of carbonyl (C=O) groups is 4. The molecule has 1 aromatic carbocycles. The Labute approximate surface area is 186 Å². The molecule has 2 N–H and O–H groups in total. The van der Waals surface area contributed by atoms with Gasteiger partial charge in [0.1, 0.15) is 11.9 Å². The summed E-state index contributed by atoms with van der Waals surface area (Å²) in [5.74, 6) is -2.86. The Morgan fingerprint density at radius 1 is 1.25 bits per heavy atom. The molecule has 0 radical (unpaired) electrons. The van der Waals surface area contributed by atoms with Crippen molar-refractivity contribution in [3.8, 4) is 0 Å². The summed E-state index contributed by atoms with van der Waals surface area (Å²) in [5, 5.41) is 12.7. The average Bonchev–Trinajstić information content (AvgIpc) is 3.08. The lowest BCUT2D eigenvalue weighted by molar-refractivity contribution is -0.158. The molecule has 176 valence electrons. The Morgan fingerprint density at radius 2 is 1.91 bits per heavy atom. The predicted octanol–water partition coefficient (Wildman–Crippen LogP) is 0.246. The maximum absolute atomic E-state index is 13.9. The fourth-order valence-corrected chi connectivity index (χ4v) is 3.32. The number of β-amino-alcohol motifs (C(OH)–C–C–N with tert-alkyl or cyclic N) is 1. The highest BCUT2D eigenvalue weighted by atomic mass is 19.1. The number of carbonyl (C=O) groups excluding carboxylic acids is 4. The molecule has 0 bridgehead atoms. The minimum absolute atomic E-state index is 0.0418. The zero-order valence-electron chi connectivity index (χ0n) is 18.8. The highest BCUT2D eigenvalue weighted by molar-refractivity contribution is 5.89. The third kappa shape index (κ3) is 7.30. The van der Waals surface area contributed by atoms with Gasteiger partial charge in [-0.3, -0.25) is 14.4 Å². The van der Waals surface area contributed by atoms with E-state index in [0.29, 0.717) is 0 Å². The molecule has 0 aromatic heterocycles. The van der Waals surface area contributed by atoms with Gasteiger partial charge in [-0.1, -0.05) is 18.2 Å². The number of amides is 3. The smallest absolute Gasteiger partial charge is 0.329 e. The van der Waals surface area contributed by atoms with E-state index in [4.69, 9.17) is 4.74 Å². The average molecular weight is 451 g/mol. The van der Waals surface area contributed by atoms with Crippen molar-refractivity contribution in [3.63, 3.8) is 0 Å². The molecule has 1 heterocycles. The summed E-state index contributed by atoms with van der Waals surface area (Å²) in [5.41, 5.74) is -0.272. The molecule has 0 aliphatic carbocycles. The molecule has 2 unspecified atom stereocenters. The van der Waals surface area contributed by atoms with Crippen molar-refractivity contribution in [2.45, 2.75) is 51.3 Å². The maximum atomic E-state index is 13.9. The van der Waals surface area contributed by atoms with Gasteiger partial charge in [-0.05, 0) is 32.4 Å². The first-order valence-corrected chi connectivity index (χ1v) is 10.3. The number of halogens is 1. The van der Waals surface area contributed by atoms with Crippen molar-refractivity contribution >= 4 is 23.7 Å². The van der Waals surface area contributed by atoms with Crippen molar-refractivity contribution in [3.05, 3.63) is 35.6 Å². The lowest BCUT2D eigenvalue weighted by Gasteiger charge is -2.24. The van der Waals surface area contributed by atoms with Gasteiger partial charge in [0.05, 0.1) is 19.1 Å². The van der Waals surface area contributed by atoms with Gasteiger partial charge in [-0.2, -0.15) is 0 Å². The zero-order valence-corrected chi connectivity index (χ0v) is 18.8. The summed E-state index contributed by atoms with van der Waals surface area (Å²) in [7, 11) is 1.40. The largest absolute Gasteiger partial charge is 0.454 e. The lowest BCUT2D eigenvalue weighted by Crippen LogP contribution is -2.47. The SMILES string of the molecule is CN(CC(=O)NC(C)(C)C)C(=O)COC(=O)C1CC(O)CN1C(=O)Cc1ccccc1F. The fraction of sp³-hybridized carbons (Fsp3) is 0.545. The van der Waals surface area contributed by atoms with Crippen LogP contribution in [0.25, 0.3) is 0 Å². The molecule has 1 saturated heterocycles. The van der Waals surface area contributed by atoms with E-state index >= 15 is 0 Å². The van der Waals surface area contributed by atoms with E-state index in [1.165, 1.54) is 25.2 Å². The predicted molar refractivity (Wildman–Crippen MR) is 113 cm³/mol. The first-order chi connectivity index (χ1) is 14.9. The van der Waals surface area contributed by atoms with Crippen LogP contribution in [0.15, 0.2) is 24.3 Å². The number of rotatable bonds is 7. The number of hydrogen-bond acceptors (Lipinski definition) is 6. The molecular weight excluding hydrogens is 421 g/mol. The Hall–Kier alpha value is -3.01. The van der Waals surface area contributed by atoms with Gasteiger partial charge in [0.25, 0.3) is 5.91 Å². The first kappa shape index (κ1) is 25.3. The van der Waals surface area contributed by atoms with Crippen molar-refractivity contribution in [1.82, 2.24) is 15.1 Å². The molecule has 1 fully saturated rings. The normalized spacial score (nSPS) is 18.2. The second-order valence-corrected chi connectivity index (χ2v) is 8.88. The number of esters is 1. The molecule has 0 spiro atoms. The van der Waals surface area contributed by atoms with Gasteiger partial charge >= 0.3 is 5.97 Å². The number of nitrogens with zero attached hydrogens (tertiary/aromatic N) is 2. The van der Waals surface area contributed by atoms with E-state index in [1.807, 2.05) is 20.8 Å². The summed E-state index contributed by atoms with van der Waals surface area (Å²) in [6, 6.07) is 4.73. The molecule has 2 rings (SSSR count). The van der Waals surface area contributed by atoms with Crippen LogP contribution < -0.4 is 5.32 Å². The second kappa shape index (κ2) is 10.5. The van der Waals surface area contributed by atoms with E-state index < -0.39 is 47.9 Å². The van der Waals surface area contributed by atoms with Crippen LogP contribution in [0.4, 0.5) is 4.39 Å². The van der Waals surface area contributed by atoms with E-state index in [1.54, 1.807) is 6.07 Å². The van der Waals surface area contributed by atoms with Crippen LogP contribution in [-0.2, 0) is 30.3 Å². The standard InChI is InChI=1S/C22H30FN3O6/c1-22(2,3)24-18(28)12-25(4)20(30)13-32-21(31)17-10-15(27)11-26(17)19(29)9-14-7-5-6-8-16(14)23/h5-8,15,17,27H,9-13H2,1-4H3,(H,24,28). The zero-order chi connectivity index (χ0) is 24.1. The van der Waals surface area contributed by atoms with Crippen molar-refractivity contribution in [1.29, 1.82) is 0 Å². The van der Waals surface area contributed by atoms with Crippen LogP contribution in [0, 0.1) is 5.82 Å². The van der Waals surface area contributed by atoms with Crippen LogP contribution >= 0.6 is 0 Å². The van der Waals surface area contributed by atoms with Gasteiger partial charge in [0, 0.05) is 25.6 Å². The number of benzene rings is 1. The number of nitrogens with one attached hydrogen (secondary N) is 1. The van der Waals surface area contributed by atoms with Crippen molar-refractivity contribution < 1.29 is 33.4 Å². The molecule has 32 heavy (non-hydrogen) atoms. The summed E-state index contributed by atoms with van der Waals surface area (Å²) >= 11 is 0. The monoisotopic (exact) mass is 451 g/mol. The van der Waals surface area contributed by atoms with Gasteiger partial charge in [-0.15, -0.1) is 0 Å². The van der Waals surface area contributed by atoms with Crippen LogP contribution in [0.5, 0.6) is 0 Å². The molecule has 9 nitrogen and oxygen atoms in total. The Morgan fingerprint density at radius 3 is 2.53 bits per heavy atom. The second-order valence-electron chi connectivity index (χ2n) is 8.88. The Balaban J connectivity index is 1.91. The van der Waals surface area contributed by atoms with E-state index in [-0.39, 0.29) is 37.4 Å². The quantitative estimate of drug-likeness (QED) is 0.574. The number of likely N-dealkylation sites (tertiary alicyclic amines) is 1. The van der Waals surface area contributed by atoms with E-state index in [9.17, 15) is 28.7 Å². The fourth-order valence-electron chi connectivity index (χ4n) is 3.32. The van der Waals surface area contributed by atoms with Crippen LogP contribution in [-0.4, -0.2) is 83.0 Å². The minimum Gasteiger partial charge on any atom is -0.454 e. The number of hydrogen-bond donors (Lipinski definition) is 2. The molecule has 1 aliphatic rings. The van der Waals surface area contributed by atoms with Gasteiger partial charge in [-0.25, -0.2) is 9.18 Å². The van der Waals surface area contributed by atoms with E-state index in [2.05, 4.69) is 5.32 Å². The first-order valence-electron chi connectivity index (χ1n) is 10.3. The molecule has 10 heteroatoms. The lowest BCUT2D eigenvalue weighted by atomic mass is 10.1. The summed E-state index contributed by atoms with van der Waals surface area (Å²) in [6.45, 7) is 4.52. The molecular formula is C22H30FN3O6. The summed E-state index contributed by atoms with van der Waals surface area (Å²) in [6.07, 6.45) is -1.25. The Bertz CT molecular complexity index is 869. The minimum atomic E-state index is -1.08. The molecule has 1 aliphatic heterocycles. The molecule has 3 amide bonds. The summed E-state index contributed by atoms with van der Waals surface area (Å²) in [4.78, 5) is 51.6. The third-order valence-corrected chi connectivity index (χ3v) is 4.83. The van der Waals surface area contributed by atoms with Crippen LogP contribution in [0.3, 0.4) is 0 Å². The van der Waals surface area contributed by atoms with Gasteiger partial charge in [0.2, 0.25) is 11.8 Å². The maximum Gasteiger partial charge on any atom is 0.329 e. The third-order valence-electron chi connectivity index (χ3n) is 4.83. The highest BCUT2D eigenvalue weighted by Gasteiger charge is 2.40. The number of ether oxygens (including phenoxy) is 1. The topological polar surface area (TPSA) is 116 Å². The van der Waals surface area contributed by atoms with Gasteiger partial charge in [0.15, 0.2) is 6.61 Å². The van der Waals surface area contributed by atoms with Crippen molar-refractivity contribution in [2.75, 3.05) is 26.7 Å². The van der Waals surface area contributed by atoms with Crippen molar-refractivity contribution in [2.24, 2.45) is 0 Å². The van der Waals surface area contributed by atoms with E-state index in [0.717, 1.165) is 9.80 Å². The van der Waals surface area contributed by atoms with Gasteiger partial charge < -0.3 is 25.0 Å². The van der Waals surface area contributed by atoms with Crippen LogP contribution in [0.2, 0.25) is 0 Å². The summed E-state index contributed by atoms with van der Waals surface area (Å²) < 4.78 is 18.9. The molecule has 2 atom stereocenters. The molecule has 0 saturated carbocycles. The highest BCUT2D eigenvalue weighted by Crippen LogP contribution is 2.21. The van der Waals surface area contributed by atoms with Crippen LogP contribution in [0.1, 0.15) is 32.8 Å². The number of aliphatic hydroxyl groups excluding tert-OH is 1.